The molecule has 0 N–H and O–H groups in total. The van der Waals surface area contributed by atoms with Crippen LogP contribution in [0.5, 0.6) is 5.75 Å². The van der Waals surface area contributed by atoms with Gasteiger partial charge in [0.05, 0.1) is 17.8 Å². The van der Waals surface area contributed by atoms with Crippen molar-refractivity contribution in [3.63, 3.8) is 0 Å². The van der Waals surface area contributed by atoms with Crippen LogP contribution in [0.3, 0.4) is 0 Å². The largest absolute Gasteiger partial charge is 0.490 e. The highest BCUT2D eigenvalue weighted by Crippen LogP contribution is 2.37. The molecule has 0 radical (unpaired) electrons. The smallest absolute Gasteiger partial charge is 0.255 e. The number of nitrogens with zero attached hydrogens (tertiary/aromatic N) is 5. The van der Waals surface area contributed by atoms with Crippen molar-refractivity contribution in [3.8, 4) is 16.9 Å². The van der Waals surface area contributed by atoms with Crippen molar-refractivity contribution in [2.24, 2.45) is 7.05 Å². The Morgan fingerprint density at radius 2 is 1.84 bits per heavy atom. The zero-order valence-corrected chi connectivity index (χ0v) is 21.5. The van der Waals surface area contributed by atoms with Gasteiger partial charge >= 0.3 is 0 Å². The van der Waals surface area contributed by atoms with Crippen LogP contribution < -0.4 is 4.74 Å². The van der Waals surface area contributed by atoms with E-state index in [0.29, 0.717) is 40.3 Å². The van der Waals surface area contributed by atoms with Crippen molar-refractivity contribution in [1.82, 2.24) is 24.6 Å². The number of aromatic nitrogens is 3. The van der Waals surface area contributed by atoms with Gasteiger partial charge in [-0.3, -0.25) is 14.5 Å². The molecule has 0 saturated heterocycles. The van der Waals surface area contributed by atoms with E-state index in [0.717, 1.165) is 11.9 Å². The Morgan fingerprint density at radius 1 is 1.11 bits per heavy atom. The van der Waals surface area contributed by atoms with Gasteiger partial charge in [0, 0.05) is 42.3 Å². The molecular formula is C26H27B2F2N5O2. The Hall–Kier alpha value is -3.72. The van der Waals surface area contributed by atoms with Crippen LogP contribution in [0.25, 0.3) is 22.0 Å². The lowest BCUT2D eigenvalue weighted by Gasteiger charge is -2.32. The van der Waals surface area contributed by atoms with Crippen LogP contribution in [-0.2, 0) is 18.9 Å². The minimum atomic E-state index is -0.796. The lowest BCUT2D eigenvalue weighted by molar-refractivity contribution is 0.0727. The molecule has 2 aromatic carbocycles. The second kappa shape index (κ2) is 9.30. The number of fused-ring (bicyclic) bond motifs is 2. The maximum absolute atomic E-state index is 15.4. The van der Waals surface area contributed by atoms with Crippen molar-refractivity contribution in [1.29, 1.82) is 0 Å². The molecule has 1 aliphatic rings. The summed E-state index contributed by atoms with van der Waals surface area (Å²) in [5.41, 5.74) is 2.54. The van der Waals surface area contributed by atoms with E-state index in [4.69, 9.17) is 4.74 Å². The molecule has 37 heavy (non-hydrogen) atoms. The highest BCUT2D eigenvalue weighted by atomic mass is 19.1. The van der Waals surface area contributed by atoms with E-state index in [-0.39, 0.29) is 18.0 Å². The highest BCUT2D eigenvalue weighted by molar-refractivity contribution is 6.42. The van der Waals surface area contributed by atoms with E-state index in [1.165, 1.54) is 17.0 Å². The lowest BCUT2D eigenvalue weighted by atomic mass is 9.59. The fourth-order valence-electron chi connectivity index (χ4n) is 4.83. The first-order chi connectivity index (χ1) is 17.6. The van der Waals surface area contributed by atoms with E-state index >= 15 is 8.78 Å². The van der Waals surface area contributed by atoms with Crippen molar-refractivity contribution < 1.29 is 18.3 Å². The van der Waals surface area contributed by atoms with Crippen molar-refractivity contribution in [3.05, 3.63) is 77.2 Å². The van der Waals surface area contributed by atoms with Gasteiger partial charge in [0.1, 0.15) is 45.2 Å². The number of likely N-dealkylation sites (N-methyl/N-ethyl adjacent to an activating group) is 1. The number of rotatable bonds is 7. The topological polar surface area (TPSA) is 63.5 Å². The maximum Gasteiger partial charge on any atom is 0.255 e. The summed E-state index contributed by atoms with van der Waals surface area (Å²) in [5.74, 6) is -1.11. The van der Waals surface area contributed by atoms with Gasteiger partial charge in [-0.1, -0.05) is 0 Å². The monoisotopic (exact) mass is 501 g/mol. The Labute approximate surface area is 215 Å². The summed E-state index contributed by atoms with van der Waals surface area (Å²) in [6.45, 7) is 1.02. The molecule has 0 saturated carbocycles. The number of benzene rings is 2. The normalized spacial score (nSPS) is 14.5. The Bertz CT molecular complexity index is 1500. The third-order valence-corrected chi connectivity index (χ3v) is 6.86. The molecule has 0 unspecified atom stereocenters. The molecule has 11 heteroatoms. The third-order valence-electron chi connectivity index (χ3n) is 6.86. The summed E-state index contributed by atoms with van der Waals surface area (Å²) in [5, 5.41) is 4.45. The van der Waals surface area contributed by atoms with Crippen LogP contribution in [0.1, 0.15) is 21.6 Å². The van der Waals surface area contributed by atoms with Gasteiger partial charge in [0.15, 0.2) is 0 Å². The molecule has 1 aliphatic heterocycles. The molecule has 4 aromatic rings. The first-order valence-corrected chi connectivity index (χ1v) is 12.1. The zero-order valence-electron chi connectivity index (χ0n) is 21.5. The number of hydrogen-bond acceptors (Lipinski definition) is 5. The molecule has 0 spiro atoms. The van der Waals surface area contributed by atoms with Gasteiger partial charge < -0.3 is 14.5 Å². The minimum Gasteiger partial charge on any atom is -0.490 e. The van der Waals surface area contributed by atoms with Crippen LogP contribution >= 0.6 is 0 Å². The maximum atomic E-state index is 15.4. The van der Waals surface area contributed by atoms with E-state index in [9.17, 15) is 4.79 Å². The number of carbonyl (C=O) groups excluding carboxylic acids is 1. The van der Waals surface area contributed by atoms with Crippen LogP contribution in [0.4, 0.5) is 8.78 Å². The van der Waals surface area contributed by atoms with Gasteiger partial charge in [-0.15, -0.1) is 0 Å². The van der Waals surface area contributed by atoms with Gasteiger partial charge in [-0.25, -0.2) is 8.78 Å². The molecule has 0 atom stereocenters. The summed E-state index contributed by atoms with van der Waals surface area (Å²) >= 11 is 0. The number of hydrogen-bond donors (Lipinski definition) is 0. The molecule has 0 bridgehead atoms. The molecule has 188 valence electrons. The Kier molecular flexibility index (Phi) is 6.27. The standard InChI is InChI=1S/C26H27B2F2N5O2/c1-33(2)9-10-37-22-7-6-16(18-13-34(3)32-23(18)22)15-11-20(29)19(21(30)12-15)14-35-25(36)17-5-4-8-31-24(17)26(35,27)28/h4-8,11-13H,9-10,14,27-28H2,1-3H3. The average molecular weight is 501 g/mol. The summed E-state index contributed by atoms with van der Waals surface area (Å²) in [6, 6.07) is 9.56. The molecule has 2 aromatic heterocycles. The fourth-order valence-corrected chi connectivity index (χ4v) is 4.83. The summed E-state index contributed by atoms with van der Waals surface area (Å²) in [6.07, 6.45) is 3.42. The molecular weight excluding hydrogens is 474 g/mol. The molecule has 0 aliphatic carbocycles. The number of halogens is 2. The van der Waals surface area contributed by atoms with E-state index in [1.807, 2.05) is 40.9 Å². The lowest BCUT2D eigenvalue weighted by Crippen LogP contribution is -2.45. The van der Waals surface area contributed by atoms with E-state index in [1.54, 1.807) is 42.2 Å². The summed E-state index contributed by atoms with van der Waals surface area (Å²) in [7, 11) is 9.38. The van der Waals surface area contributed by atoms with Crippen molar-refractivity contribution >= 4 is 32.5 Å². The quantitative estimate of drug-likeness (QED) is 0.362. The second-order valence-corrected chi connectivity index (χ2v) is 10.1. The number of aryl methyl sites for hydroxylation is 1. The molecule has 7 nitrogen and oxygen atoms in total. The summed E-state index contributed by atoms with van der Waals surface area (Å²) < 4.78 is 38.5. The number of amides is 1. The van der Waals surface area contributed by atoms with Gasteiger partial charge in [-0.05, 0) is 61.6 Å². The Balaban J connectivity index is 1.48. The predicted molar refractivity (Wildman–Crippen MR) is 143 cm³/mol. The van der Waals surface area contributed by atoms with Gasteiger partial charge in [-0.2, -0.15) is 5.10 Å². The summed E-state index contributed by atoms with van der Waals surface area (Å²) in [4.78, 5) is 20.9. The first-order valence-electron chi connectivity index (χ1n) is 12.1. The predicted octanol–water partition coefficient (Wildman–Crippen LogP) is 1.89. The number of ether oxygens (including phenoxy) is 1. The molecule has 5 rings (SSSR count). The average Bonchev–Trinajstić information content (AvgIpc) is 3.32. The van der Waals surface area contributed by atoms with E-state index in [2.05, 4.69) is 10.1 Å². The van der Waals surface area contributed by atoms with Crippen molar-refractivity contribution in [2.45, 2.75) is 11.9 Å². The Morgan fingerprint density at radius 3 is 2.51 bits per heavy atom. The van der Waals surface area contributed by atoms with Crippen LogP contribution in [0.15, 0.2) is 48.8 Å². The third kappa shape index (κ3) is 4.37. The molecule has 1 amide bonds. The number of pyridine rings is 1. The molecule has 3 heterocycles. The van der Waals surface area contributed by atoms with Gasteiger partial charge in [0.2, 0.25) is 0 Å². The highest BCUT2D eigenvalue weighted by Gasteiger charge is 2.44. The van der Waals surface area contributed by atoms with Crippen LogP contribution in [0, 0.1) is 11.6 Å². The second-order valence-electron chi connectivity index (χ2n) is 10.1. The number of carbonyl (C=O) groups is 1. The fraction of sp³-hybridized carbons (Fsp3) is 0.269. The van der Waals surface area contributed by atoms with Gasteiger partial charge in [0.25, 0.3) is 5.91 Å². The van der Waals surface area contributed by atoms with Crippen molar-refractivity contribution in [2.75, 3.05) is 27.2 Å². The zero-order chi connectivity index (χ0) is 26.5. The first kappa shape index (κ1) is 25.0. The molecule has 0 fully saturated rings. The van der Waals surface area contributed by atoms with E-state index < -0.39 is 17.0 Å². The van der Waals surface area contributed by atoms with Crippen LogP contribution in [-0.4, -0.2) is 73.4 Å². The van der Waals surface area contributed by atoms with Crippen LogP contribution in [0.2, 0.25) is 0 Å². The minimum absolute atomic E-state index is 0.163. The SMILES string of the molecule is BC1(B)c2ncccc2C(=O)N1Cc1c(F)cc(-c2ccc(OCCN(C)C)c3nn(C)cc23)cc1F.